The fourth-order valence-corrected chi connectivity index (χ4v) is 1.88. The second-order valence-corrected chi connectivity index (χ2v) is 5.05. The van der Waals surface area contributed by atoms with Crippen molar-refractivity contribution in [3.05, 3.63) is 24.3 Å². The third kappa shape index (κ3) is 10.7. The van der Waals surface area contributed by atoms with Crippen molar-refractivity contribution < 1.29 is 14.3 Å². The second kappa shape index (κ2) is 14.6. The number of nitrogens with zero attached hydrogens (tertiary/aromatic N) is 1. The van der Waals surface area contributed by atoms with Gasteiger partial charge in [-0.3, -0.25) is 9.79 Å². The van der Waals surface area contributed by atoms with Crippen LogP contribution in [0.4, 0.5) is 0 Å². The van der Waals surface area contributed by atoms with E-state index in [4.69, 9.17) is 9.47 Å². The molecule has 3 N–H and O–H groups in total. The summed E-state index contributed by atoms with van der Waals surface area (Å²) in [6, 6.07) is 7.43. The largest absolute Gasteiger partial charge is 0.497 e. The highest BCUT2D eigenvalue weighted by molar-refractivity contribution is 14.0. The zero-order valence-corrected chi connectivity index (χ0v) is 17.5. The lowest BCUT2D eigenvalue weighted by Gasteiger charge is -2.12. The van der Waals surface area contributed by atoms with E-state index in [1.165, 1.54) is 0 Å². The molecule has 0 aromatic heterocycles. The van der Waals surface area contributed by atoms with Gasteiger partial charge in [0.25, 0.3) is 0 Å². The van der Waals surface area contributed by atoms with Crippen LogP contribution in [0, 0.1) is 0 Å². The monoisotopic (exact) mass is 464 g/mol. The molecule has 0 saturated heterocycles. The maximum absolute atomic E-state index is 11.5. The molecule has 0 aliphatic rings. The van der Waals surface area contributed by atoms with Crippen LogP contribution in [0.1, 0.15) is 19.8 Å². The van der Waals surface area contributed by atoms with E-state index >= 15 is 0 Å². The summed E-state index contributed by atoms with van der Waals surface area (Å²) in [5.41, 5.74) is 0. The summed E-state index contributed by atoms with van der Waals surface area (Å²) in [7, 11) is 3.32. The molecule has 0 spiro atoms. The van der Waals surface area contributed by atoms with Crippen LogP contribution in [0.3, 0.4) is 0 Å². The number of carbonyl (C=O) groups excluding carboxylic acids is 1. The van der Waals surface area contributed by atoms with E-state index in [-0.39, 0.29) is 29.9 Å². The summed E-state index contributed by atoms with van der Waals surface area (Å²) >= 11 is 0. The summed E-state index contributed by atoms with van der Waals surface area (Å²) in [6.07, 6.45) is 1.36. The van der Waals surface area contributed by atoms with Crippen molar-refractivity contribution in [3.8, 4) is 11.5 Å². The number of benzene rings is 1. The van der Waals surface area contributed by atoms with Gasteiger partial charge in [-0.2, -0.15) is 0 Å². The van der Waals surface area contributed by atoms with Crippen molar-refractivity contribution in [1.82, 2.24) is 16.0 Å². The van der Waals surface area contributed by atoms with Crippen molar-refractivity contribution in [2.75, 3.05) is 40.4 Å². The van der Waals surface area contributed by atoms with Gasteiger partial charge in [0, 0.05) is 26.6 Å². The quantitative estimate of drug-likeness (QED) is 0.213. The highest BCUT2D eigenvalue weighted by atomic mass is 127. The fourth-order valence-electron chi connectivity index (χ4n) is 1.88. The molecular formula is C17H29IN4O3. The highest BCUT2D eigenvalue weighted by Gasteiger charge is 2.02. The number of rotatable bonds is 10. The SMILES string of the molecule is CCCNC(=O)CCNC(=NC)NCCOc1ccc(OC)cc1.I. The highest BCUT2D eigenvalue weighted by Crippen LogP contribution is 2.16. The maximum Gasteiger partial charge on any atom is 0.221 e. The smallest absolute Gasteiger partial charge is 0.221 e. The maximum atomic E-state index is 11.5. The number of amides is 1. The lowest BCUT2D eigenvalue weighted by molar-refractivity contribution is -0.120. The summed E-state index contributed by atoms with van der Waals surface area (Å²) in [5, 5.41) is 9.07. The molecule has 0 aliphatic heterocycles. The minimum Gasteiger partial charge on any atom is -0.497 e. The number of methoxy groups -OCH3 is 1. The van der Waals surface area contributed by atoms with E-state index in [9.17, 15) is 4.79 Å². The molecule has 0 saturated carbocycles. The van der Waals surface area contributed by atoms with Crippen LogP contribution in [0.5, 0.6) is 11.5 Å². The van der Waals surface area contributed by atoms with E-state index in [2.05, 4.69) is 20.9 Å². The van der Waals surface area contributed by atoms with Crippen molar-refractivity contribution in [2.24, 2.45) is 4.99 Å². The van der Waals surface area contributed by atoms with Crippen molar-refractivity contribution in [2.45, 2.75) is 19.8 Å². The number of guanidine groups is 1. The molecule has 0 atom stereocenters. The molecule has 7 nitrogen and oxygen atoms in total. The van der Waals surface area contributed by atoms with Crippen LogP contribution in [0.2, 0.25) is 0 Å². The van der Waals surface area contributed by atoms with Crippen LogP contribution >= 0.6 is 24.0 Å². The normalized spacial score (nSPS) is 10.4. The molecule has 0 bridgehead atoms. The minimum atomic E-state index is 0. The van der Waals surface area contributed by atoms with Crippen molar-refractivity contribution in [1.29, 1.82) is 0 Å². The van der Waals surface area contributed by atoms with Crippen LogP contribution in [0.15, 0.2) is 29.3 Å². The number of ether oxygens (including phenoxy) is 2. The molecule has 0 heterocycles. The molecule has 0 unspecified atom stereocenters. The predicted molar refractivity (Wildman–Crippen MR) is 111 cm³/mol. The Morgan fingerprint density at radius 2 is 1.68 bits per heavy atom. The van der Waals surface area contributed by atoms with Crippen LogP contribution < -0.4 is 25.4 Å². The van der Waals surface area contributed by atoms with Gasteiger partial charge in [-0.1, -0.05) is 6.92 Å². The molecule has 142 valence electrons. The van der Waals surface area contributed by atoms with Gasteiger partial charge in [0.2, 0.25) is 5.91 Å². The molecule has 1 aromatic carbocycles. The van der Waals surface area contributed by atoms with Gasteiger partial charge in [0.1, 0.15) is 18.1 Å². The molecular weight excluding hydrogens is 435 g/mol. The van der Waals surface area contributed by atoms with Crippen LogP contribution in [0.25, 0.3) is 0 Å². The second-order valence-electron chi connectivity index (χ2n) is 5.05. The van der Waals surface area contributed by atoms with Crippen LogP contribution in [-0.4, -0.2) is 52.3 Å². The van der Waals surface area contributed by atoms with Gasteiger partial charge >= 0.3 is 0 Å². The van der Waals surface area contributed by atoms with Gasteiger partial charge in [0.15, 0.2) is 5.96 Å². The molecule has 0 aliphatic carbocycles. The predicted octanol–water partition coefficient (Wildman–Crippen LogP) is 1.77. The molecule has 0 fully saturated rings. The number of hydrogen-bond donors (Lipinski definition) is 3. The Morgan fingerprint density at radius 1 is 1.04 bits per heavy atom. The van der Waals surface area contributed by atoms with E-state index in [0.717, 1.165) is 17.9 Å². The first-order valence-electron chi connectivity index (χ1n) is 8.17. The topological polar surface area (TPSA) is 84.0 Å². The summed E-state index contributed by atoms with van der Waals surface area (Å²) in [4.78, 5) is 15.6. The summed E-state index contributed by atoms with van der Waals surface area (Å²) in [5.74, 6) is 2.28. The Balaban J connectivity index is 0.00000576. The first-order valence-corrected chi connectivity index (χ1v) is 8.17. The third-order valence-electron chi connectivity index (χ3n) is 3.16. The Labute approximate surface area is 167 Å². The summed E-state index contributed by atoms with van der Waals surface area (Å²) < 4.78 is 10.7. The molecule has 25 heavy (non-hydrogen) atoms. The fraction of sp³-hybridized carbons (Fsp3) is 0.529. The number of hydrogen-bond acceptors (Lipinski definition) is 4. The molecule has 0 radical (unpaired) electrons. The van der Waals surface area contributed by atoms with E-state index in [0.29, 0.717) is 38.6 Å². The number of halogens is 1. The number of carbonyl (C=O) groups is 1. The van der Waals surface area contributed by atoms with E-state index in [1.807, 2.05) is 31.2 Å². The van der Waals surface area contributed by atoms with Gasteiger partial charge < -0.3 is 25.4 Å². The Hall–Kier alpha value is -1.71. The minimum absolute atomic E-state index is 0. The Morgan fingerprint density at radius 3 is 2.28 bits per heavy atom. The molecule has 1 amide bonds. The van der Waals surface area contributed by atoms with Gasteiger partial charge in [-0.05, 0) is 30.7 Å². The Kier molecular flexibility index (Phi) is 13.6. The third-order valence-corrected chi connectivity index (χ3v) is 3.16. The van der Waals surface area contributed by atoms with Crippen molar-refractivity contribution in [3.63, 3.8) is 0 Å². The number of nitrogens with one attached hydrogen (secondary N) is 3. The first-order chi connectivity index (χ1) is 11.7. The average Bonchev–Trinajstić information content (AvgIpc) is 2.62. The van der Waals surface area contributed by atoms with Gasteiger partial charge in [-0.25, -0.2) is 0 Å². The zero-order chi connectivity index (χ0) is 17.6. The molecule has 1 rings (SSSR count). The Bertz CT molecular complexity index is 509. The average molecular weight is 464 g/mol. The lowest BCUT2D eigenvalue weighted by Crippen LogP contribution is -2.40. The van der Waals surface area contributed by atoms with Crippen LogP contribution in [-0.2, 0) is 4.79 Å². The van der Waals surface area contributed by atoms with Crippen molar-refractivity contribution >= 4 is 35.8 Å². The standard InChI is InChI=1S/C17H28N4O3.HI/c1-4-10-19-16(22)9-11-20-17(18-2)21-12-13-24-15-7-5-14(23-3)6-8-15;/h5-8H,4,9-13H2,1-3H3,(H,19,22)(H2,18,20,21);1H. The molecule has 1 aromatic rings. The first kappa shape index (κ1) is 23.3. The van der Waals surface area contributed by atoms with E-state index in [1.54, 1.807) is 14.2 Å². The summed E-state index contributed by atoms with van der Waals surface area (Å²) in [6.45, 7) is 4.39. The van der Waals surface area contributed by atoms with Gasteiger partial charge in [0.05, 0.1) is 13.7 Å². The molecule has 8 heteroatoms. The van der Waals surface area contributed by atoms with Gasteiger partial charge in [-0.15, -0.1) is 24.0 Å². The lowest BCUT2D eigenvalue weighted by atomic mass is 10.3. The van der Waals surface area contributed by atoms with E-state index < -0.39 is 0 Å². The number of aliphatic imine (C=N–C) groups is 1. The zero-order valence-electron chi connectivity index (χ0n) is 15.1.